The molecule has 0 heterocycles. The molecule has 0 aromatic heterocycles. The Morgan fingerprint density at radius 1 is 1.38 bits per heavy atom. The quantitative estimate of drug-likeness (QED) is 0.742. The molecule has 1 aromatic rings. The number of methoxy groups -OCH3 is 1. The Hall–Kier alpha value is -1.79. The zero-order chi connectivity index (χ0) is 15.1. The number of ether oxygens (including phenoxy) is 1. The number of nitrogens with two attached hydrogens (primary N) is 1. The number of carbonyl (C=O) groups is 2. The summed E-state index contributed by atoms with van der Waals surface area (Å²) in [6.07, 6.45) is 1.41. The van der Waals surface area contributed by atoms with Gasteiger partial charge in [-0.05, 0) is 24.6 Å². The summed E-state index contributed by atoms with van der Waals surface area (Å²) in [5, 5.41) is 5.20. The third-order valence-electron chi connectivity index (χ3n) is 2.89. The van der Waals surface area contributed by atoms with Gasteiger partial charge in [-0.2, -0.15) is 0 Å². The van der Waals surface area contributed by atoms with E-state index in [1.54, 1.807) is 18.2 Å². The highest BCUT2D eigenvalue weighted by atomic mass is 35.5. The summed E-state index contributed by atoms with van der Waals surface area (Å²) >= 11 is 0. The van der Waals surface area contributed by atoms with Crippen LogP contribution in [0.15, 0.2) is 18.2 Å². The third kappa shape index (κ3) is 5.24. The summed E-state index contributed by atoms with van der Waals surface area (Å²) in [6.45, 7) is 1.95. The van der Waals surface area contributed by atoms with Crippen LogP contribution >= 0.6 is 12.4 Å². The number of hydrogen-bond acceptors (Lipinski definition) is 4. The Labute approximate surface area is 130 Å². The second-order valence-electron chi connectivity index (χ2n) is 4.38. The van der Waals surface area contributed by atoms with Crippen LogP contribution in [-0.4, -0.2) is 32.0 Å². The molecule has 0 bridgehead atoms. The van der Waals surface area contributed by atoms with E-state index >= 15 is 0 Å². The van der Waals surface area contributed by atoms with Gasteiger partial charge >= 0.3 is 0 Å². The molecule has 1 rings (SSSR count). The Balaban J connectivity index is 0.00000400. The Morgan fingerprint density at radius 3 is 2.57 bits per heavy atom. The smallest absolute Gasteiger partial charge is 0.253 e. The normalized spacial score (nSPS) is 11.0. The number of benzene rings is 1. The summed E-state index contributed by atoms with van der Waals surface area (Å²) in [5.41, 5.74) is 6.51. The molecule has 1 aromatic carbocycles. The van der Waals surface area contributed by atoms with Gasteiger partial charge in [-0.3, -0.25) is 9.59 Å². The highest BCUT2D eigenvalue weighted by Crippen LogP contribution is 2.22. The lowest BCUT2D eigenvalue weighted by molar-refractivity contribution is -0.117. The number of anilines is 1. The molecule has 0 aliphatic carbocycles. The number of nitrogens with one attached hydrogen (secondary N) is 2. The van der Waals surface area contributed by atoms with E-state index in [0.717, 1.165) is 6.42 Å². The molecular formula is C14H22ClN3O3. The Kier molecular flexibility index (Phi) is 8.42. The fraction of sp³-hybridized carbons (Fsp3) is 0.429. The van der Waals surface area contributed by atoms with Crippen LogP contribution in [0.1, 0.15) is 30.1 Å². The monoisotopic (exact) mass is 315 g/mol. The Bertz CT molecular complexity index is 494. The number of rotatable bonds is 6. The van der Waals surface area contributed by atoms with Crippen molar-refractivity contribution in [2.75, 3.05) is 19.5 Å². The molecular weight excluding hydrogens is 294 g/mol. The third-order valence-corrected chi connectivity index (χ3v) is 2.89. The standard InChI is InChI=1S/C14H21N3O3.ClH/c1-4-5-11(15)14(19)17-12-7-6-9(20-3)8-10(12)13(18)16-2;/h6-8,11H,4-5,15H2,1-3H3,(H,16,18)(H,17,19);1H. The first-order valence-corrected chi connectivity index (χ1v) is 6.50. The van der Waals surface area contributed by atoms with Crippen molar-refractivity contribution < 1.29 is 14.3 Å². The maximum Gasteiger partial charge on any atom is 0.253 e. The van der Waals surface area contributed by atoms with Crippen LogP contribution < -0.4 is 21.1 Å². The van der Waals surface area contributed by atoms with Crippen LogP contribution in [0.3, 0.4) is 0 Å². The fourth-order valence-electron chi connectivity index (χ4n) is 1.75. The molecule has 0 aliphatic rings. The highest BCUT2D eigenvalue weighted by molar-refractivity contribution is 6.05. The average molecular weight is 316 g/mol. The molecule has 1 atom stereocenters. The largest absolute Gasteiger partial charge is 0.497 e. The molecule has 0 fully saturated rings. The maximum absolute atomic E-state index is 11.9. The van der Waals surface area contributed by atoms with Gasteiger partial charge in [0.15, 0.2) is 0 Å². The van der Waals surface area contributed by atoms with E-state index in [1.165, 1.54) is 14.2 Å². The van der Waals surface area contributed by atoms with Crippen LogP contribution in [0.4, 0.5) is 5.69 Å². The molecule has 4 N–H and O–H groups in total. The number of carbonyl (C=O) groups excluding carboxylic acids is 2. The minimum atomic E-state index is -0.584. The molecule has 0 radical (unpaired) electrons. The summed E-state index contributed by atoms with van der Waals surface area (Å²) in [6, 6.07) is 4.28. The Morgan fingerprint density at radius 2 is 2.05 bits per heavy atom. The first-order valence-electron chi connectivity index (χ1n) is 6.50. The van der Waals surface area contributed by atoms with Gasteiger partial charge in [0, 0.05) is 7.05 Å². The molecule has 0 spiro atoms. The lowest BCUT2D eigenvalue weighted by Gasteiger charge is -2.14. The van der Waals surface area contributed by atoms with Gasteiger partial charge in [0.05, 0.1) is 24.4 Å². The van der Waals surface area contributed by atoms with Gasteiger partial charge in [0.2, 0.25) is 5.91 Å². The molecule has 7 heteroatoms. The van der Waals surface area contributed by atoms with Gasteiger partial charge in [-0.1, -0.05) is 13.3 Å². The van der Waals surface area contributed by atoms with Crippen molar-refractivity contribution in [3.05, 3.63) is 23.8 Å². The highest BCUT2D eigenvalue weighted by Gasteiger charge is 2.17. The van der Waals surface area contributed by atoms with E-state index in [2.05, 4.69) is 10.6 Å². The van der Waals surface area contributed by atoms with Crippen LogP contribution in [0.25, 0.3) is 0 Å². The van der Waals surface area contributed by atoms with Crippen molar-refractivity contribution in [2.24, 2.45) is 5.73 Å². The second-order valence-corrected chi connectivity index (χ2v) is 4.38. The van der Waals surface area contributed by atoms with Gasteiger partial charge in [0.25, 0.3) is 5.91 Å². The maximum atomic E-state index is 11.9. The summed E-state index contributed by atoms with van der Waals surface area (Å²) in [7, 11) is 3.04. The molecule has 0 saturated carbocycles. The fourth-order valence-corrected chi connectivity index (χ4v) is 1.75. The van der Waals surface area contributed by atoms with Gasteiger partial charge in [-0.15, -0.1) is 12.4 Å². The summed E-state index contributed by atoms with van der Waals surface area (Å²) in [5.74, 6) is -0.0649. The van der Waals surface area contributed by atoms with Gasteiger partial charge < -0.3 is 21.1 Å². The van der Waals surface area contributed by atoms with E-state index < -0.39 is 6.04 Å². The second kappa shape index (κ2) is 9.20. The van der Waals surface area contributed by atoms with Crippen molar-refractivity contribution in [2.45, 2.75) is 25.8 Å². The summed E-state index contributed by atoms with van der Waals surface area (Å²) in [4.78, 5) is 23.8. The van der Waals surface area contributed by atoms with Crippen molar-refractivity contribution in [1.82, 2.24) is 5.32 Å². The number of amides is 2. The molecule has 1 unspecified atom stereocenters. The van der Waals surface area contributed by atoms with Crippen molar-refractivity contribution >= 4 is 29.9 Å². The van der Waals surface area contributed by atoms with Crippen molar-refractivity contribution in [3.63, 3.8) is 0 Å². The van der Waals surface area contributed by atoms with Crippen molar-refractivity contribution in [1.29, 1.82) is 0 Å². The number of halogens is 1. The predicted molar refractivity (Wildman–Crippen MR) is 85.1 cm³/mol. The lowest BCUT2D eigenvalue weighted by Crippen LogP contribution is -2.36. The molecule has 6 nitrogen and oxygen atoms in total. The van der Waals surface area contributed by atoms with Crippen LogP contribution in [0.5, 0.6) is 5.75 Å². The van der Waals surface area contributed by atoms with E-state index in [9.17, 15) is 9.59 Å². The topological polar surface area (TPSA) is 93.5 Å². The number of hydrogen-bond donors (Lipinski definition) is 3. The predicted octanol–water partition coefficient (Wildman–Crippen LogP) is 1.54. The van der Waals surface area contributed by atoms with Crippen molar-refractivity contribution in [3.8, 4) is 5.75 Å². The minimum Gasteiger partial charge on any atom is -0.497 e. The van der Waals surface area contributed by atoms with Gasteiger partial charge in [-0.25, -0.2) is 0 Å². The van der Waals surface area contributed by atoms with E-state index in [4.69, 9.17) is 10.5 Å². The van der Waals surface area contributed by atoms with E-state index in [-0.39, 0.29) is 24.2 Å². The molecule has 21 heavy (non-hydrogen) atoms. The van der Waals surface area contributed by atoms with E-state index in [0.29, 0.717) is 23.4 Å². The first kappa shape index (κ1) is 19.2. The van der Waals surface area contributed by atoms with Crippen LogP contribution in [0, 0.1) is 0 Å². The van der Waals surface area contributed by atoms with Gasteiger partial charge in [0.1, 0.15) is 5.75 Å². The lowest BCUT2D eigenvalue weighted by atomic mass is 10.1. The molecule has 0 saturated heterocycles. The zero-order valence-corrected chi connectivity index (χ0v) is 13.3. The molecule has 2 amide bonds. The molecule has 118 valence electrons. The molecule has 0 aliphatic heterocycles. The SMILES string of the molecule is CCCC(N)C(=O)Nc1ccc(OC)cc1C(=O)NC.Cl. The van der Waals surface area contributed by atoms with Crippen LogP contribution in [-0.2, 0) is 4.79 Å². The summed E-state index contributed by atoms with van der Waals surface area (Å²) < 4.78 is 5.08. The minimum absolute atomic E-state index is 0. The zero-order valence-electron chi connectivity index (χ0n) is 12.4. The first-order chi connectivity index (χ1) is 9.53. The van der Waals surface area contributed by atoms with E-state index in [1.807, 2.05) is 6.92 Å². The van der Waals surface area contributed by atoms with Crippen LogP contribution in [0.2, 0.25) is 0 Å². The average Bonchev–Trinajstić information content (AvgIpc) is 2.46.